The Labute approximate surface area is 242 Å². The van der Waals surface area contributed by atoms with Crippen molar-refractivity contribution in [2.75, 3.05) is 13.3 Å². The van der Waals surface area contributed by atoms with Crippen LogP contribution in [-0.2, 0) is 34.4 Å². The summed E-state index contributed by atoms with van der Waals surface area (Å²) in [7, 11) is 0. The average Bonchev–Trinajstić information content (AvgIpc) is 3.08. The van der Waals surface area contributed by atoms with E-state index >= 15 is 4.39 Å². The number of hydrazine groups is 1. The Balaban J connectivity index is 1.72. The van der Waals surface area contributed by atoms with Crippen LogP contribution in [0.15, 0.2) is 59.6 Å². The SMILES string of the molecule is CC(=O)OC[C@@H](N1CN(C2c3ccccc3CSc3c(F)cccc32)N2C=CC(=O)C(OC(C)=O)C2C1=O)C(F)(F)F. The van der Waals surface area contributed by atoms with Crippen molar-refractivity contribution in [3.05, 3.63) is 77.2 Å². The second kappa shape index (κ2) is 11.4. The topological polar surface area (TPSA) is 96.5 Å². The molecular weight excluding hydrogens is 582 g/mol. The van der Waals surface area contributed by atoms with Gasteiger partial charge in [0.1, 0.15) is 12.4 Å². The van der Waals surface area contributed by atoms with E-state index in [1.807, 2.05) is 6.07 Å². The number of esters is 2. The molecule has 2 aromatic carbocycles. The third-order valence-corrected chi connectivity index (χ3v) is 8.35. The highest BCUT2D eigenvalue weighted by Gasteiger charge is 2.56. The van der Waals surface area contributed by atoms with Crippen molar-refractivity contribution in [2.45, 2.75) is 54.9 Å². The molecule has 0 aromatic heterocycles. The number of carbonyl (C=O) groups is 4. The van der Waals surface area contributed by atoms with Crippen molar-refractivity contribution < 1.29 is 46.2 Å². The zero-order chi connectivity index (χ0) is 30.3. The maximum Gasteiger partial charge on any atom is 0.412 e. The van der Waals surface area contributed by atoms with E-state index in [1.54, 1.807) is 24.3 Å². The fourth-order valence-corrected chi connectivity index (χ4v) is 6.49. The lowest BCUT2D eigenvalue weighted by atomic mass is 9.92. The fraction of sp³-hybridized carbons (Fsp3) is 0.357. The van der Waals surface area contributed by atoms with Gasteiger partial charge >= 0.3 is 18.1 Å². The summed E-state index contributed by atoms with van der Waals surface area (Å²) >= 11 is 1.23. The Bertz CT molecular complexity index is 1470. The van der Waals surface area contributed by atoms with Gasteiger partial charge in [0.25, 0.3) is 5.91 Å². The molecule has 0 radical (unpaired) electrons. The van der Waals surface area contributed by atoms with Crippen LogP contribution in [-0.4, -0.2) is 76.2 Å². The highest BCUT2D eigenvalue weighted by molar-refractivity contribution is 7.98. The Kier molecular flexibility index (Phi) is 8.03. The van der Waals surface area contributed by atoms with Gasteiger partial charge in [0, 0.05) is 36.8 Å². The smallest absolute Gasteiger partial charge is 0.412 e. The average molecular weight is 608 g/mol. The standard InChI is InChI=1S/C28H25F4N3O6S/c1-15(36)40-12-22(28(30,31)32)33-14-35(34-11-10-21(38)25(41-16(2)37)24(34)27(33)39)23-18-7-4-3-6-17(18)13-42-26-19(23)8-5-9-20(26)29/h3-11,22-25H,12-14H2,1-2H3/t22-,23?,24?,25?/m1/s1. The number of nitrogens with zero attached hydrogens (tertiary/aromatic N) is 3. The number of amides is 1. The van der Waals surface area contributed by atoms with E-state index in [0.29, 0.717) is 21.8 Å². The number of hydrogen-bond acceptors (Lipinski definition) is 9. The first-order chi connectivity index (χ1) is 19.9. The van der Waals surface area contributed by atoms with Crippen LogP contribution >= 0.6 is 11.8 Å². The van der Waals surface area contributed by atoms with Crippen LogP contribution in [0.5, 0.6) is 0 Å². The van der Waals surface area contributed by atoms with Crippen molar-refractivity contribution in [3.8, 4) is 0 Å². The van der Waals surface area contributed by atoms with Gasteiger partial charge in [-0.1, -0.05) is 36.4 Å². The predicted molar refractivity (Wildman–Crippen MR) is 140 cm³/mol. The number of carbonyl (C=O) groups excluding carboxylic acids is 4. The lowest BCUT2D eigenvalue weighted by Gasteiger charge is -2.54. The van der Waals surface area contributed by atoms with Crippen molar-refractivity contribution >= 4 is 35.4 Å². The van der Waals surface area contributed by atoms with Crippen molar-refractivity contribution in [2.24, 2.45) is 0 Å². The quantitative estimate of drug-likeness (QED) is 0.372. The Morgan fingerprint density at radius 3 is 2.45 bits per heavy atom. The highest BCUT2D eigenvalue weighted by atomic mass is 32.2. The third-order valence-electron chi connectivity index (χ3n) is 7.18. The molecule has 3 aliphatic rings. The number of halogens is 4. The molecule has 1 saturated heterocycles. The summed E-state index contributed by atoms with van der Waals surface area (Å²) < 4.78 is 68.5. The Morgan fingerprint density at radius 2 is 1.76 bits per heavy atom. The van der Waals surface area contributed by atoms with Crippen molar-refractivity contribution in [3.63, 3.8) is 0 Å². The van der Waals surface area contributed by atoms with Crippen LogP contribution in [0.25, 0.3) is 0 Å². The molecule has 3 aliphatic heterocycles. The first kappa shape index (κ1) is 29.6. The molecule has 222 valence electrons. The zero-order valence-corrected chi connectivity index (χ0v) is 23.2. The van der Waals surface area contributed by atoms with E-state index in [2.05, 4.69) is 0 Å². The van der Waals surface area contributed by atoms with Crippen LogP contribution in [0, 0.1) is 5.82 Å². The lowest BCUT2D eigenvalue weighted by molar-refractivity contribution is -0.233. The molecule has 9 nitrogen and oxygen atoms in total. The molecule has 5 rings (SSSR count). The number of ether oxygens (including phenoxy) is 2. The van der Waals surface area contributed by atoms with Gasteiger partial charge in [0.2, 0.25) is 5.78 Å². The van der Waals surface area contributed by atoms with Gasteiger partial charge in [0.15, 0.2) is 18.2 Å². The van der Waals surface area contributed by atoms with E-state index in [1.165, 1.54) is 40.1 Å². The predicted octanol–water partition coefficient (Wildman–Crippen LogP) is 3.73. The van der Waals surface area contributed by atoms with Gasteiger partial charge in [-0.2, -0.15) is 18.2 Å². The molecule has 3 unspecified atom stereocenters. The second-order valence-electron chi connectivity index (χ2n) is 9.87. The van der Waals surface area contributed by atoms with E-state index in [4.69, 9.17) is 9.47 Å². The summed E-state index contributed by atoms with van der Waals surface area (Å²) in [5, 5.41) is 2.69. The molecule has 42 heavy (non-hydrogen) atoms. The molecule has 3 heterocycles. The maximum absolute atomic E-state index is 15.2. The van der Waals surface area contributed by atoms with Gasteiger partial charge in [-0.25, -0.2) is 4.39 Å². The summed E-state index contributed by atoms with van der Waals surface area (Å²) in [5.41, 5.74) is 1.85. The molecule has 1 fully saturated rings. The normalized spacial score (nSPS) is 23.0. The number of benzene rings is 2. The summed E-state index contributed by atoms with van der Waals surface area (Å²) in [6.45, 7) is 0.0589. The minimum Gasteiger partial charge on any atom is -0.463 e. The fourth-order valence-electron chi connectivity index (χ4n) is 5.38. The van der Waals surface area contributed by atoms with Crippen molar-refractivity contribution in [1.82, 2.24) is 14.9 Å². The van der Waals surface area contributed by atoms with Crippen LogP contribution in [0.1, 0.15) is 36.6 Å². The minimum atomic E-state index is -5.05. The number of hydrogen-bond donors (Lipinski definition) is 0. The van der Waals surface area contributed by atoms with E-state index in [0.717, 1.165) is 25.5 Å². The summed E-state index contributed by atoms with van der Waals surface area (Å²) in [4.78, 5) is 50.9. The van der Waals surface area contributed by atoms with E-state index < -0.39 is 73.1 Å². The monoisotopic (exact) mass is 607 g/mol. The summed E-state index contributed by atoms with van der Waals surface area (Å²) in [6.07, 6.45) is -4.50. The summed E-state index contributed by atoms with van der Waals surface area (Å²) in [6, 6.07) is 6.27. The zero-order valence-electron chi connectivity index (χ0n) is 22.3. The van der Waals surface area contributed by atoms with E-state index in [9.17, 15) is 32.3 Å². The minimum absolute atomic E-state index is 0.277. The molecule has 4 atom stereocenters. The number of alkyl halides is 3. The first-order valence-electron chi connectivity index (χ1n) is 12.8. The number of thioether (sulfide) groups is 1. The maximum atomic E-state index is 15.2. The molecule has 0 bridgehead atoms. The molecular formula is C28H25F4N3O6S. The van der Waals surface area contributed by atoms with Gasteiger partial charge in [-0.3, -0.25) is 24.2 Å². The number of ketones is 1. The number of fused-ring (bicyclic) bond motifs is 3. The van der Waals surface area contributed by atoms with Crippen LogP contribution in [0.2, 0.25) is 0 Å². The van der Waals surface area contributed by atoms with Crippen molar-refractivity contribution in [1.29, 1.82) is 0 Å². The second-order valence-corrected chi connectivity index (χ2v) is 10.9. The third kappa shape index (κ3) is 5.48. The largest absolute Gasteiger partial charge is 0.463 e. The molecule has 0 saturated carbocycles. The van der Waals surface area contributed by atoms with Gasteiger partial charge in [0.05, 0.1) is 12.7 Å². The van der Waals surface area contributed by atoms with Crippen LogP contribution in [0.4, 0.5) is 17.6 Å². The first-order valence-corrected chi connectivity index (χ1v) is 13.8. The molecule has 0 spiro atoms. The van der Waals surface area contributed by atoms with Gasteiger partial charge in [-0.15, -0.1) is 11.8 Å². The molecule has 0 aliphatic carbocycles. The lowest BCUT2D eigenvalue weighted by Crippen LogP contribution is -2.72. The Morgan fingerprint density at radius 1 is 1.05 bits per heavy atom. The summed E-state index contributed by atoms with van der Waals surface area (Å²) in [5.74, 6) is -4.03. The van der Waals surface area contributed by atoms with E-state index in [-0.39, 0.29) is 4.90 Å². The molecule has 1 amide bonds. The van der Waals surface area contributed by atoms with Gasteiger partial charge < -0.3 is 14.4 Å². The number of rotatable bonds is 5. The molecule has 0 N–H and O–H groups in total. The van der Waals surface area contributed by atoms with Gasteiger partial charge in [-0.05, 0) is 22.8 Å². The Hall–Kier alpha value is -3.91. The molecule has 2 aromatic rings. The molecule has 14 heteroatoms. The van der Waals surface area contributed by atoms with Crippen LogP contribution < -0.4 is 0 Å². The van der Waals surface area contributed by atoms with Crippen LogP contribution in [0.3, 0.4) is 0 Å². The highest BCUT2D eigenvalue weighted by Crippen LogP contribution is 2.46.